The van der Waals surface area contributed by atoms with Crippen molar-refractivity contribution in [3.8, 4) is 5.75 Å². The molecule has 1 saturated heterocycles. The zero-order valence-electron chi connectivity index (χ0n) is 13.2. The first-order valence-corrected chi connectivity index (χ1v) is 7.06. The normalized spacial score (nSPS) is 18.5. The molecule has 120 valence electrons. The van der Waals surface area contributed by atoms with Gasteiger partial charge in [-0.15, -0.1) is 0 Å². The zero-order chi connectivity index (χ0) is 16.5. The van der Waals surface area contributed by atoms with Gasteiger partial charge in [-0.3, -0.25) is 9.69 Å². The number of likely N-dealkylation sites (tertiary alicyclic amines) is 1. The molecule has 0 spiro atoms. The number of methoxy groups -OCH3 is 1. The molecule has 1 heterocycles. The number of benzene rings is 1. The van der Waals surface area contributed by atoms with E-state index in [1.807, 2.05) is 0 Å². The fourth-order valence-corrected chi connectivity index (χ4v) is 2.45. The molecule has 1 atom stereocenters. The van der Waals surface area contributed by atoms with E-state index in [2.05, 4.69) is 0 Å². The van der Waals surface area contributed by atoms with Crippen molar-refractivity contribution in [1.82, 2.24) is 4.90 Å². The number of nitrogens with zero attached hydrogens (tertiary/aromatic N) is 1. The Bertz CT molecular complexity index is 594. The maximum atomic E-state index is 13.6. The first-order chi connectivity index (χ1) is 10.2. The molecule has 0 aliphatic carbocycles. The lowest BCUT2D eigenvalue weighted by molar-refractivity contribution is -0.117. The van der Waals surface area contributed by atoms with E-state index in [-0.39, 0.29) is 18.7 Å². The Balaban J connectivity index is 2.34. The van der Waals surface area contributed by atoms with Gasteiger partial charge < -0.3 is 9.47 Å². The lowest BCUT2D eigenvalue weighted by atomic mass is 10.0. The van der Waals surface area contributed by atoms with E-state index < -0.39 is 23.6 Å². The average Bonchev–Trinajstić information content (AvgIpc) is 2.79. The Morgan fingerprint density at radius 2 is 2.05 bits per heavy atom. The summed E-state index contributed by atoms with van der Waals surface area (Å²) in [6.07, 6.45) is -0.464. The second kappa shape index (κ2) is 5.94. The molecular weight excluding hydrogens is 289 g/mol. The number of hydrogen-bond donors (Lipinski definition) is 0. The first kappa shape index (κ1) is 16.3. The smallest absolute Gasteiger partial charge is 0.411 e. The Morgan fingerprint density at radius 1 is 1.36 bits per heavy atom. The van der Waals surface area contributed by atoms with Gasteiger partial charge in [-0.25, -0.2) is 9.18 Å². The highest BCUT2D eigenvalue weighted by Gasteiger charge is 2.38. The van der Waals surface area contributed by atoms with E-state index in [1.54, 1.807) is 20.8 Å². The van der Waals surface area contributed by atoms with Crippen LogP contribution in [-0.2, 0) is 9.53 Å². The predicted molar refractivity (Wildman–Crippen MR) is 78.3 cm³/mol. The molecule has 1 aromatic rings. The molecule has 0 saturated carbocycles. The number of carbonyl (C=O) groups is 2. The van der Waals surface area contributed by atoms with Crippen molar-refractivity contribution in [3.63, 3.8) is 0 Å². The summed E-state index contributed by atoms with van der Waals surface area (Å²) in [6.45, 7) is 5.21. The average molecular weight is 309 g/mol. The van der Waals surface area contributed by atoms with Crippen LogP contribution in [0.4, 0.5) is 9.18 Å². The van der Waals surface area contributed by atoms with Gasteiger partial charge in [0.05, 0.1) is 19.7 Å². The van der Waals surface area contributed by atoms with E-state index >= 15 is 0 Å². The standard InChI is InChI=1S/C16H20FNO4/c1-16(2,3)22-15(20)18-9-11(19)8-13(18)12-7-10(17)5-6-14(12)21-4/h5-7,13H,8-9H2,1-4H3/t13-/m1/s1. The second-order valence-corrected chi connectivity index (χ2v) is 6.25. The van der Waals surface area contributed by atoms with E-state index in [0.717, 1.165) is 0 Å². The third-order valence-electron chi connectivity index (χ3n) is 3.32. The van der Waals surface area contributed by atoms with Crippen molar-refractivity contribution in [2.75, 3.05) is 13.7 Å². The SMILES string of the molecule is COc1ccc(F)cc1[C@H]1CC(=O)CN1C(=O)OC(C)(C)C. The minimum Gasteiger partial charge on any atom is -0.496 e. The number of carbonyl (C=O) groups excluding carboxylic acids is 2. The third-order valence-corrected chi connectivity index (χ3v) is 3.32. The van der Waals surface area contributed by atoms with Crippen molar-refractivity contribution < 1.29 is 23.5 Å². The molecule has 1 aliphatic rings. The quantitative estimate of drug-likeness (QED) is 0.842. The van der Waals surface area contributed by atoms with Crippen molar-refractivity contribution in [2.24, 2.45) is 0 Å². The fourth-order valence-electron chi connectivity index (χ4n) is 2.45. The summed E-state index contributed by atoms with van der Waals surface area (Å²) in [7, 11) is 1.46. The Hall–Kier alpha value is -2.11. The van der Waals surface area contributed by atoms with E-state index in [1.165, 1.54) is 30.2 Å². The number of amides is 1. The van der Waals surface area contributed by atoms with E-state index in [4.69, 9.17) is 9.47 Å². The van der Waals surface area contributed by atoms with Crippen LogP contribution < -0.4 is 4.74 Å². The Labute approximate surface area is 129 Å². The monoisotopic (exact) mass is 309 g/mol. The highest BCUT2D eigenvalue weighted by molar-refractivity contribution is 5.88. The molecule has 22 heavy (non-hydrogen) atoms. The zero-order valence-corrected chi connectivity index (χ0v) is 13.2. The van der Waals surface area contributed by atoms with Crippen LogP contribution in [0.2, 0.25) is 0 Å². The lowest BCUT2D eigenvalue weighted by Gasteiger charge is -2.28. The van der Waals surface area contributed by atoms with Gasteiger partial charge in [0, 0.05) is 12.0 Å². The molecule has 0 aromatic heterocycles. The van der Waals surface area contributed by atoms with Gasteiger partial charge in [-0.2, -0.15) is 0 Å². The van der Waals surface area contributed by atoms with Gasteiger partial charge in [0.15, 0.2) is 5.78 Å². The van der Waals surface area contributed by atoms with Crippen LogP contribution in [0.1, 0.15) is 38.8 Å². The third kappa shape index (κ3) is 3.55. The molecule has 0 radical (unpaired) electrons. The first-order valence-electron chi connectivity index (χ1n) is 7.06. The number of hydrogen-bond acceptors (Lipinski definition) is 4. The van der Waals surface area contributed by atoms with Gasteiger partial charge in [0.25, 0.3) is 0 Å². The largest absolute Gasteiger partial charge is 0.496 e. The maximum Gasteiger partial charge on any atom is 0.411 e. The molecule has 5 nitrogen and oxygen atoms in total. The minimum absolute atomic E-state index is 0.0424. The molecule has 0 bridgehead atoms. The summed E-state index contributed by atoms with van der Waals surface area (Å²) in [6, 6.07) is 3.48. The molecule has 1 amide bonds. The van der Waals surface area contributed by atoms with Crippen molar-refractivity contribution in [1.29, 1.82) is 0 Å². The molecule has 1 aliphatic heterocycles. The maximum absolute atomic E-state index is 13.6. The van der Waals surface area contributed by atoms with Crippen molar-refractivity contribution in [3.05, 3.63) is 29.6 Å². The number of ketones is 1. The molecule has 1 fully saturated rings. The minimum atomic E-state index is -0.667. The Morgan fingerprint density at radius 3 is 2.64 bits per heavy atom. The molecule has 1 aromatic carbocycles. The second-order valence-electron chi connectivity index (χ2n) is 6.25. The fraction of sp³-hybridized carbons (Fsp3) is 0.500. The number of rotatable bonds is 2. The van der Waals surface area contributed by atoms with Crippen molar-refractivity contribution >= 4 is 11.9 Å². The van der Waals surface area contributed by atoms with Crippen LogP contribution in [0, 0.1) is 5.82 Å². The summed E-state index contributed by atoms with van der Waals surface area (Å²) in [5, 5.41) is 0. The van der Waals surface area contributed by atoms with Gasteiger partial charge in [-0.1, -0.05) is 0 Å². The molecule has 6 heteroatoms. The van der Waals surface area contributed by atoms with Gasteiger partial charge in [-0.05, 0) is 39.0 Å². The van der Waals surface area contributed by atoms with Crippen LogP contribution in [0.5, 0.6) is 5.75 Å². The van der Waals surface area contributed by atoms with Crippen LogP contribution >= 0.6 is 0 Å². The van der Waals surface area contributed by atoms with Crippen molar-refractivity contribution in [2.45, 2.75) is 38.8 Å². The van der Waals surface area contributed by atoms with Crippen LogP contribution in [0.15, 0.2) is 18.2 Å². The summed E-state index contributed by atoms with van der Waals surface area (Å²) < 4.78 is 24.1. The number of ether oxygens (including phenoxy) is 2. The summed E-state index contributed by atoms with van der Waals surface area (Å²) in [5.41, 5.74) is -0.196. The molecule has 2 rings (SSSR count). The molecule has 0 unspecified atom stereocenters. The predicted octanol–water partition coefficient (Wildman–Crippen LogP) is 3.09. The van der Waals surface area contributed by atoms with Gasteiger partial charge in [0.2, 0.25) is 0 Å². The highest BCUT2D eigenvalue weighted by Crippen LogP contribution is 2.37. The van der Waals surface area contributed by atoms with Crippen LogP contribution in [0.3, 0.4) is 0 Å². The summed E-state index contributed by atoms with van der Waals surface area (Å²) in [5.74, 6) is -0.101. The van der Waals surface area contributed by atoms with Gasteiger partial charge >= 0.3 is 6.09 Å². The van der Waals surface area contributed by atoms with E-state index in [0.29, 0.717) is 11.3 Å². The summed E-state index contributed by atoms with van der Waals surface area (Å²) in [4.78, 5) is 25.4. The number of Topliss-reactive ketones (excluding diaryl/α,β-unsaturated/α-hetero) is 1. The summed E-state index contributed by atoms with van der Waals surface area (Å²) >= 11 is 0. The topological polar surface area (TPSA) is 55.8 Å². The highest BCUT2D eigenvalue weighted by atomic mass is 19.1. The van der Waals surface area contributed by atoms with E-state index in [9.17, 15) is 14.0 Å². The lowest BCUT2D eigenvalue weighted by Crippen LogP contribution is -2.37. The molecular formula is C16H20FNO4. The van der Waals surface area contributed by atoms with Crippen LogP contribution in [-0.4, -0.2) is 36.0 Å². The Kier molecular flexibility index (Phi) is 4.39. The van der Waals surface area contributed by atoms with Crippen LogP contribution in [0.25, 0.3) is 0 Å². The number of halogens is 1. The van der Waals surface area contributed by atoms with Gasteiger partial charge in [0.1, 0.15) is 17.2 Å². The molecule has 0 N–H and O–H groups in total.